The van der Waals surface area contributed by atoms with Gasteiger partial charge in [0.25, 0.3) is 0 Å². The average molecular weight is 325 g/mol. The lowest BCUT2D eigenvalue weighted by molar-refractivity contribution is 0.253. The Kier molecular flexibility index (Phi) is 6.49. The molecule has 1 rings (SSSR count). The molecule has 1 aliphatic carbocycles. The summed E-state index contributed by atoms with van der Waals surface area (Å²) in [6, 6.07) is 0. The maximum absolute atomic E-state index is 11.1. The molecule has 0 saturated heterocycles. The second kappa shape index (κ2) is 7.13. The summed E-state index contributed by atoms with van der Waals surface area (Å²) in [5.41, 5.74) is 0. The van der Waals surface area contributed by atoms with Crippen LogP contribution in [0, 0.1) is 11.8 Å². The third-order valence-corrected chi connectivity index (χ3v) is 6.02. The predicted octanol–water partition coefficient (Wildman–Crippen LogP) is 3.79. The van der Waals surface area contributed by atoms with Crippen LogP contribution in [0.25, 0.3) is 0 Å². The first kappa shape index (κ1) is 15.5. The summed E-state index contributed by atoms with van der Waals surface area (Å²) in [7, 11) is -2.78. The molecule has 3 atom stereocenters. The monoisotopic (exact) mass is 324 g/mol. The quantitative estimate of drug-likeness (QED) is 0.696. The van der Waals surface area contributed by atoms with Gasteiger partial charge in [0.05, 0.1) is 0 Å². The molecule has 0 radical (unpaired) electrons. The van der Waals surface area contributed by atoms with Crippen molar-refractivity contribution in [1.82, 2.24) is 0 Å². The van der Waals surface area contributed by atoms with E-state index in [-0.39, 0.29) is 0 Å². The molecule has 1 saturated carbocycles. The van der Waals surface area contributed by atoms with Gasteiger partial charge in [0.1, 0.15) is 9.84 Å². The predicted molar refractivity (Wildman–Crippen MR) is 77.4 cm³/mol. The van der Waals surface area contributed by atoms with Crippen molar-refractivity contribution >= 4 is 25.8 Å². The molecule has 1 aliphatic rings. The number of halogens is 1. The highest BCUT2D eigenvalue weighted by Gasteiger charge is 2.28. The number of alkyl halides is 1. The smallest absolute Gasteiger partial charge is 0.147 e. The van der Waals surface area contributed by atoms with Gasteiger partial charge in [-0.1, -0.05) is 35.7 Å². The molecule has 0 bridgehead atoms. The molecule has 0 heterocycles. The molecule has 4 heteroatoms. The maximum Gasteiger partial charge on any atom is 0.147 e. The van der Waals surface area contributed by atoms with Gasteiger partial charge in [-0.05, 0) is 43.9 Å². The Bertz CT molecular complexity index is 313. The van der Waals surface area contributed by atoms with E-state index in [1.165, 1.54) is 38.4 Å². The fourth-order valence-corrected chi connectivity index (χ4v) is 4.34. The van der Waals surface area contributed by atoms with Crippen molar-refractivity contribution < 1.29 is 8.42 Å². The van der Waals surface area contributed by atoms with E-state index >= 15 is 0 Å². The minimum absolute atomic E-state index is 0.349. The van der Waals surface area contributed by atoms with Gasteiger partial charge >= 0.3 is 0 Å². The van der Waals surface area contributed by atoms with Gasteiger partial charge in [-0.15, -0.1) is 0 Å². The highest BCUT2D eigenvalue weighted by Crippen LogP contribution is 2.38. The van der Waals surface area contributed by atoms with Crippen LogP contribution < -0.4 is 0 Å². The molecule has 0 N–H and O–H groups in total. The first-order valence-corrected chi connectivity index (χ1v) is 9.71. The molecular formula is C13H25BrO2S. The van der Waals surface area contributed by atoms with Crippen LogP contribution in [-0.2, 0) is 9.84 Å². The summed E-state index contributed by atoms with van der Waals surface area (Å²) in [5, 5.41) is 0. The van der Waals surface area contributed by atoms with Crippen LogP contribution in [0.15, 0.2) is 0 Å². The number of hydrogen-bond donors (Lipinski definition) is 0. The van der Waals surface area contributed by atoms with Gasteiger partial charge in [0, 0.05) is 16.8 Å². The van der Waals surface area contributed by atoms with Crippen LogP contribution in [-0.4, -0.2) is 25.3 Å². The van der Waals surface area contributed by atoms with Crippen molar-refractivity contribution in [3.05, 3.63) is 0 Å². The Hall–Kier alpha value is 0.430. The summed E-state index contributed by atoms with van der Waals surface area (Å²) in [6.45, 7) is 2.25. The molecular weight excluding hydrogens is 300 g/mol. The van der Waals surface area contributed by atoms with Crippen LogP contribution in [0.2, 0.25) is 0 Å². The lowest BCUT2D eigenvalue weighted by Crippen LogP contribution is -2.25. The average Bonchev–Trinajstić information content (AvgIpc) is 2.21. The van der Waals surface area contributed by atoms with Crippen LogP contribution >= 0.6 is 15.9 Å². The zero-order valence-electron chi connectivity index (χ0n) is 11.0. The van der Waals surface area contributed by atoms with Gasteiger partial charge in [-0.2, -0.15) is 0 Å². The van der Waals surface area contributed by atoms with E-state index in [4.69, 9.17) is 0 Å². The lowest BCUT2D eigenvalue weighted by atomic mass is 9.77. The highest BCUT2D eigenvalue weighted by atomic mass is 79.9. The van der Waals surface area contributed by atoms with E-state index in [1.807, 2.05) is 0 Å². The summed E-state index contributed by atoms with van der Waals surface area (Å²) in [4.78, 5) is 0.607. The largest absolute Gasteiger partial charge is 0.229 e. The number of sulfone groups is 1. The first-order valence-electron chi connectivity index (χ1n) is 6.74. The lowest BCUT2D eigenvalue weighted by Gasteiger charge is -2.33. The summed E-state index contributed by atoms with van der Waals surface area (Å²) in [5.74, 6) is 1.90. The van der Waals surface area contributed by atoms with E-state index < -0.39 is 9.84 Å². The molecule has 0 amide bonds. The maximum atomic E-state index is 11.1. The Morgan fingerprint density at radius 3 is 2.53 bits per heavy atom. The van der Waals surface area contributed by atoms with Gasteiger partial charge in [-0.3, -0.25) is 0 Å². The molecule has 102 valence electrons. The molecule has 2 nitrogen and oxygen atoms in total. The highest BCUT2D eigenvalue weighted by molar-refractivity contribution is 9.09. The van der Waals surface area contributed by atoms with Gasteiger partial charge in [-0.25, -0.2) is 8.42 Å². The zero-order valence-corrected chi connectivity index (χ0v) is 13.4. The molecule has 1 fully saturated rings. The Labute approximate surface area is 115 Å². The van der Waals surface area contributed by atoms with Crippen LogP contribution in [0.3, 0.4) is 0 Å². The third kappa shape index (κ3) is 6.23. The Balaban J connectivity index is 2.34. The van der Waals surface area contributed by atoms with Crippen molar-refractivity contribution in [2.45, 2.75) is 56.7 Å². The fourth-order valence-electron chi connectivity index (χ4n) is 2.90. The molecule has 0 spiro atoms. The van der Waals surface area contributed by atoms with Crippen molar-refractivity contribution in [3.63, 3.8) is 0 Å². The number of hydrogen-bond acceptors (Lipinski definition) is 2. The minimum atomic E-state index is -2.78. The molecule has 0 aromatic carbocycles. The fraction of sp³-hybridized carbons (Fsp3) is 1.00. The molecule has 0 aliphatic heterocycles. The van der Waals surface area contributed by atoms with Gasteiger partial charge in [0.2, 0.25) is 0 Å². The van der Waals surface area contributed by atoms with Gasteiger partial charge in [0.15, 0.2) is 0 Å². The summed E-state index contributed by atoms with van der Waals surface area (Å²) < 4.78 is 22.2. The van der Waals surface area contributed by atoms with Crippen molar-refractivity contribution in [2.75, 3.05) is 12.0 Å². The molecule has 17 heavy (non-hydrogen) atoms. The zero-order chi connectivity index (χ0) is 12.9. The van der Waals surface area contributed by atoms with Crippen LogP contribution in [0.5, 0.6) is 0 Å². The van der Waals surface area contributed by atoms with E-state index in [1.54, 1.807) is 0 Å². The number of rotatable bonds is 6. The standard InChI is InChI=1S/C13H25BrO2S/c1-3-5-11-7-8-13(14)12(10-11)6-4-9-17(2,15)16/h11-13H,3-10H2,1-2H3. The summed E-state index contributed by atoms with van der Waals surface area (Å²) >= 11 is 3.76. The van der Waals surface area contributed by atoms with E-state index in [2.05, 4.69) is 22.9 Å². The Morgan fingerprint density at radius 1 is 1.24 bits per heavy atom. The van der Waals surface area contributed by atoms with E-state index in [9.17, 15) is 8.42 Å². The van der Waals surface area contributed by atoms with Crippen LogP contribution in [0.4, 0.5) is 0 Å². The second-order valence-corrected chi connectivity index (χ2v) is 8.95. The third-order valence-electron chi connectivity index (χ3n) is 3.79. The van der Waals surface area contributed by atoms with E-state index in [0.29, 0.717) is 16.5 Å². The SMILES string of the molecule is CCCC1CCC(Br)C(CCCS(C)(=O)=O)C1. The van der Waals surface area contributed by atoms with Crippen molar-refractivity contribution in [1.29, 1.82) is 0 Å². The van der Waals surface area contributed by atoms with E-state index in [0.717, 1.165) is 18.8 Å². The molecule has 0 aromatic rings. The second-order valence-electron chi connectivity index (χ2n) is 5.52. The summed E-state index contributed by atoms with van der Waals surface area (Å²) in [6.07, 6.45) is 9.71. The van der Waals surface area contributed by atoms with Crippen molar-refractivity contribution in [3.8, 4) is 0 Å². The van der Waals surface area contributed by atoms with Crippen molar-refractivity contribution in [2.24, 2.45) is 11.8 Å². The molecule has 0 aromatic heterocycles. The first-order chi connectivity index (χ1) is 7.92. The Morgan fingerprint density at radius 2 is 1.94 bits per heavy atom. The molecule has 3 unspecified atom stereocenters. The van der Waals surface area contributed by atoms with Gasteiger partial charge < -0.3 is 0 Å². The van der Waals surface area contributed by atoms with Crippen LogP contribution in [0.1, 0.15) is 51.9 Å². The minimum Gasteiger partial charge on any atom is -0.229 e. The normalized spacial score (nSPS) is 30.4. The topological polar surface area (TPSA) is 34.1 Å².